The van der Waals surface area contributed by atoms with Crippen molar-refractivity contribution in [2.24, 2.45) is 0 Å². The number of rotatable bonds is 5. The summed E-state index contributed by atoms with van der Waals surface area (Å²) in [7, 11) is 0. The van der Waals surface area contributed by atoms with Crippen LogP contribution in [0.4, 0.5) is 0 Å². The Labute approximate surface area is 159 Å². The third-order valence-electron chi connectivity index (χ3n) is 4.25. The summed E-state index contributed by atoms with van der Waals surface area (Å²) in [6.07, 6.45) is 1.05. The number of carbonyl (C=O) groups is 1. The van der Waals surface area contributed by atoms with Gasteiger partial charge in [-0.05, 0) is 29.7 Å². The van der Waals surface area contributed by atoms with Crippen LogP contribution >= 0.6 is 11.3 Å². The molecule has 0 aliphatic rings. The van der Waals surface area contributed by atoms with Gasteiger partial charge in [0.05, 0.1) is 28.9 Å². The molecule has 27 heavy (non-hydrogen) atoms. The number of ether oxygens (including phenoxy) is 1. The molecule has 0 fully saturated rings. The first-order valence-electron chi connectivity index (χ1n) is 8.82. The Morgan fingerprint density at radius 1 is 1.15 bits per heavy atom. The van der Waals surface area contributed by atoms with Crippen LogP contribution in [-0.2, 0) is 16.0 Å². The van der Waals surface area contributed by atoms with Crippen molar-refractivity contribution in [1.29, 1.82) is 0 Å². The fraction of sp³-hybridized carbons (Fsp3) is 0.190. The van der Waals surface area contributed by atoms with Gasteiger partial charge in [-0.15, -0.1) is 0 Å². The summed E-state index contributed by atoms with van der Waals surface area (Å²) in [5, 5.41) is 0. The van der Waals surface area contributed by atoms with Crippen molar-refractivity contribution in [2.75, 3.05) is 6.61 Å². The minimum Gasteiger partial charge on any atom is -0.465 e. The Bertz CT molecular complexity index is 1180. The Hall–Kier alpha value is -2.99. The van der Waals surface area contributed by atoms with E-state index < -0.39 is 0 Å². The molecule has 2 aromatic carbocycles. The molecule has 0 spiro atoms. The SMILES string of the molecule is CCCOC(=O)Cc1ccc2c(c1)sc1nc(=O)cc(-c3ccccc3)n12. The van der Waals surface area contributed by atoms with Crippen molar-refractivity contribution >= 4 is 32.5 Å². The molecule has 6 heteroatoms. The molecule has 0 aliphatic carbocycles. The third-order valence-corrected chi connectivity index (χ3v) is 5.25. The lowest BCUT2D eigenvalue weighted by atomic mass is 10.1. The van der Waals surface area contributed by atoms with Crippen LogP contribution in [-0.4, -0.2) is 22.0 Å². The van der Waals surface area contributed by atoms with Crippen molar-refractivity contribution in [3.05, 3.63) is 70.5 Å². The van der Waals surface area contributed by atoms with E-state index >= 15 is 0 Å². The number of hydrogen-bond donors (Lipinski definition) is 0. The monoisotopic (exact) mass is 378 g/mol. The molecule has 4 aromatic rings. The smallest absolute Gasteiger partial charge is 0.310 e. The number of thiazole rings is 1. The zero-order valence-corrected chi connectivity index (χ0v) is 15.7. The average Bonchev–Trinajstić information content (AvgIpc) is 3.03. The summed E-state index contributed by atoms with van der Waals surface area (Å²) in [5.41, 5.74) is 3.36. The van der Waals surface area contributed by atoms with Gasteiger partial charge in [0.1, 0.15) is 0 Å². The second kappa shape index (κ2) is 7.32. The molecule has 4 rings (SSSR count). The molecule has 2 heterocycles. The molecule has 2 aromatic heterocycles. The van der Waals surface area contributed by atoms with E-state index in [4.69, 9.17) is 4.74 Å². The maximum absolute atomic E-state index is 12.1. The number of benzene rings is 2. The Morgan fingerprint density at radius 2 is 1.96 bits per heavy atom. The van der Waals surface area contributed by atoms with Crippen molar-refractivity contribution in [1.82, 2.24) is 9.38 Å². The van der Waals surface area contributed by atoms with E-state index in [9.17, 15) is 9.59 Å². The molecule has 0 N–H and O–H groups in total. The van der Waals surface area contributed by atoms with Crippen LogP contribution in [0.3, 0.4) is 0 Å². The highest BCUT2D eigenvalue weighted by molar-refractivity contribution is 7.23. The van der Waals surface area contributed by atoms with Crippen molar-refractivity contribution in [3.63, 3.8) is 0 Å². The second-order valence-electron chi connectivity index (χ2n) is 6.27. The molecular weight excluding hydrogens is 360 g/mol. The highest BCUT2D eigenvalue weighted by atomic mass is 32.1. The highest BCUT2D eigenvalue weighted by Crippen LogP contribution is 2.30. The zero-order chi connectivity index (χ0) is 18.8. The van der Waals surface area contributed by atoms with E-state index in [1.807, 2.05) is 59.9 Å². The lowest BCUT2D eigenvalue weighted by Gasteiger charge is -2.06. The number of fused-ring (bicyclic) bond motifs is 3. The van der Waals surface area contributed by atoms with E-state index in [1.54, 1.807) is 6.07 Å². The first-order chi connectivity index (χ1) is 13.2. The quantitative estimate of drug-likeness (QED) is 0.491. The van der Waals surface area contributed by atoms with Crippen LogP contribution in [0, 0.1) is 0 Å². The van der Waals surface area contributed by atoms with Crippen LogP contribution in [0.5, 0.6) is 0 Å². The van der Waals surface area contributed by atoms with Gasteiger partial charge >= 0.3 is 5.97 Å². The average molecular weight is 378 g/mol. The predicted molar refractivity (Wildman–Crippen MR) is 107 cm³/mol. The summed E-state index contributed by atoms with van der Waals surface area (Å²) >= 11 is 1.44. The standard InChI is InChI=1S/C21H18N2O3S/c1-2-10-26-20(25)12-14-8-9-16-18(11-14)27-21-22-19(24)13-17(23(16)21)15-6-4-3-5-7-15/h3-9,11,13H,2,10,12H2,1H3. The summed E-state index contributed by atoms with van der Waals surface area (Å²) in [5.74, 6) is -0.227. The predicted octanol–water partition coefficient (Wildman–Crippen LogP) is 4.07. The van der Waals surface area contributed by atoms with Crippen molar-refractivity contribution in [2.45, 2.75) is 19.8 Å². The van der Waals surface area contributed by atoms with E-state index in [1.165, 1.54) is 11.3 Å². The molecule has 5 nitrogen and oxygen atoms in total. The summed E-state index contributed by atoms with van der Waals surface area (Å²) < 4.78 is 8.14. The lowest BCUT2D eigenvalue weighted by molar-refractivity contribution is -0.142. The molecule has 0 saturated carbocycles. The van der Waals surface area contributed by atoms with Crippen LogP contribution in [0.15, 0.2) is 59.4 Å². The number of esters is 1. The van der Waals surface area contributed by atoms with Gasteiger partial charge in [0.2, 0.25) is 0 Å². The number of hydrogen-bond acceptors (Lipinski definition) is 5. The van der Waals surface area contributed by atoms with Gasteiger partial charge < -0.3 is 4.74 Å². The zero-order valence-electron chi connectivity index (χ0n) is 14.8. The van der Waals surface area contributed by atoms with E-state index in [0.29, 0.717) is 11.6 Å². The Morgan fingerprint density at radius 3 is 2.74 bits per heavy atom. The molecular formula is C21H18N2O3S. The van der Waals surface area contributed by atoms with E-state index in [0.717, 1.165) is 33.5 Å². The maximum atomic E-state index is 12.1. The fourth-order valence-corrected chi connectivity index (χ4v) is 4.15. The lowest BCUT2D eigenvalue weighted by Crippen LogP contribution is -2.09. The van der Waals surface area contributed by atoms with Crippen LogP contribution in [0.25, 0.3) is 26.4 Å². The van der Waals surface area contributed by atoms with Gasteiger partial charge in [0, 0.05) is 6.07 Å². The van der Waals surface area contributed by atoms with Crippen molar-refractivity contribution < 1.29 is 9.53 Å². The minimum atomic E-state index is -0.260. The Balaban J connectivity index is 1.82. The molecule has 0 atom stereocenters. The third kappa shape index (κ3) is 3.48. The first-order valence-corrected chi connectivity index (χ1v) is 9.63. The van der Waals surface area contributed by atoms with Gasteiger partial charge in [0.25, 0.3) is 5.56 Å². The normalized spacial score (nSPS) is 11.1. The van der Waals surface area contributed by atoms with E-state index in [2.05, 4.69) is 4.98 Å². The molecule has 0 radical (unpaired) electrons. The summed E-state index contributed by atoms with van der Waals surface area (Å²) in [4.78, 5) is 28.8. The van der Waals surface area contributed by atoms with Gasteiger partial charge in [0.15, 0.2) is 4.96 Å². The molecule has 0 aliphatic heterocycles. The van der Waals surface area contributed by atoms with Crippen molar-refractivity contribution in [3.8, 4) is 11.3 Å². The number of aromatic nitrogens is 2. The highest BCUT2D eigenvalue weighted by Gasteiger charge is 2.13. The number of nitrogens with zero attached hydrogens (tertiary/aromatic N) is 2. The van der Waals surface area contributed by atoms with E-state index in [-0.39, 0.29) is 17.9 Å². The molecule has 0 amide bonds. The largest absolute Gasteiger partial charge is 0.465 e. The number of carbonyl (C=O) groups excluding carboxylic acids is 1. The second-order valence-corrected chi connectivity index (χ2v) is 7.27. The Kier molecular flexibility index (Phi) is 4.73. The van der Waals surface area contributed by atoms with Gasteiger partial charge in [-0.2, -0.15) is 4.98 Å². The van der Waals surface area contributed by atoms with Crippen LogP contribution < -0.4 is 5.56 Å². The van der Waals surface area contributed by atoms with Crippen LogP contribution in [0.1, 0.15) is 18.9 Å². The molecule has 0 unspecified atom stereocenters. The molecule has 0 saturated heterocycles. The maximum Gasteiger partial charge on any atom is 0.310 e. The topological polar surface area (TPSA) is 60.7 Å². The summed E-state index contributed by atoms with van der Waals surface area (Å²) in [6.45, 7) is 2.41. The molecule has 0 bridgehead atoms. The van der Waals surface area contributed by atoms with Gasteiger partial charge in [-0.3, -0.25) is 14.0 Å². The summed E-state index contributed by atoms with van der Waals surface area (Å²) in [6, 6.07) is 17.2. The molecule has 136 valence electrons. The van der Waals surface area contributed by atoms with Gasteiger partial charge in [-0.25, -0.2) is 0 Å². The van der Waals surface area contributed by atoms with Crippen LogP contribution in [0.2, 0.25) is 0 Å². The first kappa shape index (κ1) is 17.4. The fourth-order valence-electron chi connectivity index (χ4n) is 3.05. The van der Waals surface area contributed by atoms with Gasteiger partial charge in [-0.1, -0.05) is 54.7 Å². The minimum absolute atomic E-state index is 0.227.